The van der Waals surface area contributed by atoms with Crippen molar-refractivity contribution >= 4 is 17.7 Å². The Labute approximate surface area is 146 Å². The van der Waals surface area contributed by atoms with Crippen LogP contribution in [0.4, 0.5) is 11.4 Å². The summed E-state index contributed by atoms with van der Waals surface area (Å²) in [5.41, 5.74) is 6.70. The molecule has 2 heteroatoms. The van der Waals surface area contributed by atoms with Gasteiger partial charge in [0.2, 0.25) is 0 Å². The van der Waals surface area contributed by atoms with Crippen LogP contribution in [0.1, 0.15) is 86.3 Å². The highest BCUT2D eigenvalue weighted by Gasteiger charge is 2.18. The summed E-state index contributed by atoms with van der Waals surface area (Å²) in [6.07, 6.45) is 0.912. The van der Waals surface area contributed by atoms with Crippen molar-refractivity contribution in [2.75, 3.05) is 5.32 Å². The van der Waals surface area contributed by atoms with Crippen molar-refractivity contribution in [2.24, 2.45) is 0 Å². The van der Waals surface area contributed by atoms with Crippen molar-refractivity contribution in [1.29, 1.82) is 0 Å². The number of nitrogens with one attached hydrogen (secondary N) is 1. The molecule has 0 saturated heterocycles. The van der Waals surface area contributed by atoms with E-state index in [4.69, 9.17) is 0 Å². The van der Waals surface area contributed by atoms with Gasteiger partial charge in [0.15, 0.2) is 6.29 Å². The lowest BCUT2D eigenvalue weighted by Crippen LogP contribution is -2.07. The van der Waals surface area contributed by atoms with Gasteiger partial charge < -0.3 is 5.32 Å². The average Bonchev–Trinajstić information content (AvgIpc) is 2.54. The number of hydrogen-bond acceptors (Lipinski definition) is 2. The van der Waals surface area contributed by atoms with Crippen molar-refractivity contribution in [3.63, 3.8) is 0 Å². The summed E-state index contributed by atoms with van der Waals surface area (Å²) in [7, 11) is 0. The molecule has 2 aromatic carbocycles. The highest BCUT2D eigenvalue weighted by molar-refractivity contribution is 5.86. The SMILES string of the molecule is CC(C)c1cc(C(C)C)c(Nc2ccccc2C=O)c(C(C)C)c1. The molecule has 0 aliphatic carbocycles. The molecule has 0 unspecified atom stereocenters. The number of anilines is 2. The zero-order chi connectivity index (χ0) is 17.9. The highest BCUT2D eigenvalue weighted by Crippen LogP contribution is 2.37. The Morgan fingerprint density at radius 1 is 0.833 bits per heavy atom. The number of aldehydes is 1. The minimum atomic E-state index is 0.409. The molecule has 0 aliphatic rings. The van der Waals surface area contributed by atoms with Gasteiger partial charge in [-0.1, -0.05) is 65.8 Å². The first-order valence-corrected chi connectivity index (χ1v) is 8.84. The fraction of sp³-hybridized carbons (Fsp3) is 0.409. The third-order valence-electron chi connectivity index (χ3n) is 4.48. The fourth-order valence-corrected chi connectivity index (χ4v) is 2.95. The molecule has 128 valence electrons. The molecule has 24 heavy (non-hydrogen) atoms. The van der Waals surface area contributed by atoms with Gasteiger partial charge in [-0.15, -0.1) is 0 Å². The van der Waals surface area contributed by atoms with Crippen molar-refractivity contribution in [3.8, 4) is 0 Å². The molecule has 1 N–H and O–H groups in total. The molecule has 0 heterocycles. The smallest absolute Gasteiger partial charge is 0.152 e. The van der Waals surface area contributed by atoms with E-state index < -0.39 is 0 Å². The van der Waals surface area contributed by atoms with Crippen LogP contribution in [-0.2, 0) is 0 Å². The highest BCUT2D eigenvalue weighted by atomic mass is 16.1. The number of benzene rings is 2. The number of hydrogen-bond donors (Lipinski definition) is 1. The van der Waals surface area contributed by atoms with Crippen molar-refractivity contribution in [1.82, 2.24) is 0 Å². The molecular weight excluding hydrogens is 294 g/mol. The van der Waals surface area contributed by atoms with E-state index in [1.54, 1.807) is 0 Å². The van der Waals surface area contributed by atoms with Crippen LogP contribution in [0.5, 0.6) is 0 Å². The average molecular weight is 323 g/mol. The summed E-state index contributed by atoms with van der Waals surface area (Å²) in [6.45, 7) is 13.4. The van der Waals surface area contributed by atoms with Gasteiger partial charge in [0.25, 0.3) is 0 Å². The van der Waals surface area contributed by atoms with Crippen LogP contribution in [0, 0.1) is 0 Å². The summed E-state index contributed by atoms with van der Waals surface area (Å²) in [6, 6.07) is 12.3. The van der Waals surface area contributed by atoms with Crippen LogP contribution >= 0.6 is 0 Å². The van der Waals surface area contributed by atoms with E-state index in [1.165, 1.54) is 16.7 Å². The van der Waals surface area contributed by atoms with E-state index in [9.17, 15) is 4.79 Å². The maximum atomic E-state index is 11.4. The van der Waals surface area contributed by atoms with E-state index >= 15 is 0 Å². The molecular formula is C22H29NO. The minimum Gasteiger partial charge on any atom is -0.354 e. The number of carbonyl (C=O) groups is 1. The zero-order valence-corrected chi connectivity index (χ0v) is 15.7. The van der Waals surface area contributed by atoms with Crippen LogP contribution in [0.3, 0.4) is 0 Å². The second-order valence-corrected chi connectivity index (χ2v) is 7.37. The van der Waals surface area contributed by atoms with Gasteiger partial charge in [0.1, 0.15) is 0 Å². The Balaban J connectivity index is 2.64. The molecule has 0 aromatic heterocycles. The normalized spacial score (nSPS) is 11.4. The molecule has 0 fully saturated rings. The second-order valence-electron chi connectivity index (χ2n) is 7.37. The van der Waals surface area contributed by atoms with Crippen LogP contribution < -0.4 is 5.32 Å². The quantitative estimate of drug-likeness (QED) is 0.606. The van der Waals surface area contributed by atoms with E-state index in [-0.39, 0.29) is 0 Å². The molecule has 0 saturated carbocycles. The predicted molar refractivity (Wildman–Crippen MR) is 104 cm³/mol. The molecule has 0 bridgehead atoms. The van der Waals surface area contributed by atoms with Crippen LogP contribution in [0.25, 0.3) is 0 Å². The molecule has 0 spiro atoms. The maximum absolute atomic E-state index is 11.4. The molecule has 0 atom stereocenters. The van der Waals surface area contributed by atoms with Gasteiger partial charge in [-0.3, -0.25) is 4.79 Å². The maximum Gasteiger partial charge on any atom is 0.152 e. The van der Waals surface area contributed by atoms with Crippen LogP contribution in [0.15, 0.2) is 36.4 Å². The Hall–Kier alpha value is -2.09. The van der Waals surface area contributed by atoms with E-state index in [0.717, 1.165) is 17.7 Å². The molecule has 0 aliphatic heterocycles. The first-order valence-electron chi connectivity index (χ1n) is 8.84. The van der Waals surface area contributed by atoms with Crippen molar-refractivity contribution in [2.45, 2.75) is 59.3 Å². The van der Waals surface area contributed by atoms with Crippen LogP contribution in [-0.4, -0.2) is 6.29 Å². The largest absolute Gasteiger partial charge is 0.354 e. The third kappa shape index (κ3) is 3.87. The lowest BCUT2D eigenvalue weighted by atomic mass is 9.87. The van der Waals surface area contributed by atoms with Gasteiger partial charge in [-0.2, -0.15) is 0 Å². The van der Waals surface area contributed by atoms with E-state index in [1.807, 2.05) is 24.3 Å². The minimum absolute atomic E-state index is 0.409. The molecule has 2 aromatic rings. The Bertz CT molecular complexity index is 685. The monoisotopic (exact) mass is 323 g/mol. The third-order valence-corrected chi connectivity index (χ3v) is 4.48. The van der Waals surface area contributed by atoms with Gasteiger partial charge in [0.05, 0.1) is 0 Å². The van der Waals surface area contributed by atoms with Gasteiger partial charge in [0, 0.05) is 16.9 Å². The lowest BCUT2D eigenvalue weighted by Gasteiger charge is -2.24. The Kier molecular flexibility index (Phi) is 5.82. The van der Waals surface area contributed by atoms with Gasteiger partial charge in [-0.25, -0.2) is 0 Å². The van der Waals surface area contributed by atoms with Crippen molar-refractivity contribution in [3.05, 3.63) is 58.7 Å². The van der Waals surface area contributed by atoms with E-state index in [0.29, 0.717) is 23.3 Å². The first kappa shape index (κ1) is 18.3. The van der Waals surface area contributed by atoms with Gasteiger partial charge >= 0.3 is 0 Å². The van der Waals surface area contributed by atoms with E-state index in [2.05, 4.69) is 59.0 Å². The lowest BCUT2D eigenvalue weighted by molar-refractivity contribution is 0.112. The summed E-state index contributed by atoms with van der Waals surface area (Å²) in [5.74, 6) is 1.32. The molecule has 0 amide bonds. The zero-order valence-electron chi connectivity index (χ0n) is 15.7. The summed E-state index contributed by atoms with van der Waals surface area (Å²) < 4.78 is 0. The number of rotatable bonds is 6. The number of para-hydroxylation sites is 1. The number of carbonyl (C=O) groups excluding carboxylic acids is 1. The first-order chi connectivity index (χ1) is 11.3. The van der Waals surface area contributed by atoms with Gasteiger partial charge in [-0.05, 0) is 46.6 Å². The standard InChI is InChI=1S/C22H29NO/c1-14(2)18-11-19(15(3)4)22(20(12-18)16(5)6)23-21-10-8-7-9-17(21)13-24/h7-16,23H,1-6H3. The Morgan fingerprint density at radius 2 is 1.38 bits per heavy atom. The Morgan fingerprint density at radius 3 is 1.83 bits per heavy atom. The summed E-state index contributed by atoms with van der Waals surface area (Å²) in [5, 5.41) is 3.56. The summed E-state index contributed by atoms with van der Waals surface area (Å²) in [4.78, 5) is 11.4. The second kappa shape index (κ2) is 7.65. The van der Waals surface area contributed by atoms with Crippen LogP contribution in [0.2, 0.25) is 0 Å². The fourth-order valence-electron chi connectivity index (χ4n) is 2.95. The topological polar surface area (TPSA) is 29.1 Å². The molecule has 2 rings (SSSR count). The van der Waals surface area contributed by atoms with Crippen molar-refractivity contribution < 1.29 is 4.79 Å². The molecule has 0 radical (unpaired) electrons. The summed E-state index contributed by atoms with van der Waals surface area (Å²) >= 11 is 0. The molecule has 2 nitrogen and oxygen atoms in total. The predicted octanol–water partition coefficient (Wildman–Crippen LogP) is 6.61.